The van der Waals surface area contributed by atoms with E-state index in [9.17, 15) is 0 Å². The van der Waals surface area contributed by atoms with Crippen LogP contribution in [0.15, 0.2) is 22.7 Å². The van der Waals surface area contributed by atoms with Crippen molar-refractivity contribution in [2.45, 2.75) is 26.3 Å². The van der Waals surface area contributed by atoms with Crippen molar-refractivity contribution in [1.82, 2.24) is 15.2 Å². The molecule has 0 aliphatic carbocycles. The lowest BCUT2D eigenvalue weighted by Crippen LogP contribution is -2.30. The van der Waals surface area contributed by atoms with Crippen LogP contribution in [0.2, 0.25) is 5.02 Å². The highest BCUT2D eigenvalue weighted by molar-refractivity contribution is 9.10. The summed E-state index contributed by atoms with van der Waals surface area (Å²) in [4.78, 5) is 0. The van der Waals surface area contributed by atoms with E-state index >= 15 is 0 Å². The van der Waals surface area contributed by atoms with Gasteiger partial charge in [-0.05, 0) is 25.5 Å². The molecule has 6 heteroatoms. The molecule has 20 heavy (non-hydrogen) atoms. The number of hydrogen-bond acceptors (Lipinski definition) is 3. The van der Waals surface area contributed by atoms with Crippen LogP contribution < -0.4 is 11.3 Å². The molecule has 1 atom stereocenters. The monoisotopic (exact) mass is 356 g/mol. The van der Waals surface area contributed by atoms with Crippen molar-refractivity contribution in [1.29, 1.82) is 0 Å². The summed E-state index contributed by atoms with van der Waals surface area (Å²) >= 11 is 9.89. The molecule has 4 nitrogen and oxygen atoms in total. The standard InChI is InChI=1S/C14H18BrClN4/c1-8-4-5-11(15)10(6-8)12(18-17)7-13-14(16)9(2)19-20(13)3/h4-6,12,18H,7,17H2,1-3H3. The van der Waals surface area contributed by atoms with Gasteiger partial charge in [-0.15, -0.1) is 0 Å². The summed E-state index contributed by atoms with van der Waals surface area (Å²) in [6.07, 6.45) is 0.675. The maximum atomic E-state index is 6.31. The van der Waals surface area contributed by atoms with E-state index in [0.29, 0.717) is 11.4 Å². The Morgan fingerprint density at radius 2 is 2.15 bits per heavy atom. The van der Waals surface area contributed by atoms with Crippen molar-refractivity contribution in [3.63, 3.8) is 0 Å². The summed E-state index contributed by atoms with van der Waals surface area (Å²) < 4.78 is 2.84. The molecule has 1 heterocycles. The molecule has 3 N–H and O–H groups in total. The van der Waals surface area contributed by atoms with Gasteiger partial charge in [-0.25, -0.2) is 0 Å². The highest BCUT2D eigenvalue weighted by atomic mass is 79.9. The second-order valence-corrected chi connectivity index (χ2v) is 6.15. The first-order valence-corrected chi connectivity index (χ1v) is 7.51. The Morgan fingerprint density at radius 3 is 2.70 bits per heavy atom. The summed E-state index contributed by atoms with van der Waals surface area (Å²) in [5.74, 6) is 5.73. The van der Waals surface area contributed by atoms with Gasteiger partial charge in [0.25, 0.3) is 0 Å². The van der Waals surface area contributed by atoms with E-state index in [1.807, 2.05) is 24.7 Å². The van der Waals surface area contributed by atoms with Crippen LogP contribution in [0, 0.1) is 13.8 Å². The topological polar surface area (TPSA) is 55.9 Å². The van der Waals surface area contributed by atoms with Gasteiger partial charge in [-0.3, -0.25) is 16.0 Å². The highest BCUT2D eigenvalue weighted by Gasteiger charge is 2.19. The van der Waals surface area contributed by atoms with Crippen LogP contribution >= 0.6 is 27.5 Å². The minimum absolute atomic E-state index is 0.0309. The fourth-order valence-corrected chi connectivity index (χ4v) is 3.04. The zero-order valence-electron chi connectivity index (χ0n) is 11.7. The SMILES string of the molecule is Cc1ccc(Br)c(C(Cc2c(Cl)c(C)nn2C)NN)c1. The van der Waals surface area contributed by atoms with Gasteiger partial charge in [-0.1, -0.05) is 45.2 Å². The zero-order chi connectivity index (χ0) is 14.9. The number of benzene rings is 1. The Balaban J connectivity index is 2.36. The molecule has 1 unspecified atom stereocenters. The number of nitrogens with one attached hydrogen (secondary N) is 1. The van der Waals surface area contributed by atoms with Crippen molar-refractivity contribution < 1.29 is 0 Å². The van der Waals surface area contributed by atoms with Crippen molar-refractivity contribution in [2.24, 2.45) is 12.9 Å². The van der Waals surface area contributed by atoms with E-state index in [-0.39, 0.29) is 6.04 Å². The number of nitrogens with two attached hydrogens (primary N) is 1. The molecule has 108 valence electrons. The number of aryl methyl sites for hydroxylation is 3. The molecule has 0 aliphatic heterocycles. The Bertz CT molecular complexity index is 624. The second-order valence-electron chi connectivity index (χ2n) is 4.92. The molecule has 0 bridgehead atoms. The summed E-state index contributed by atoms with van der Waals surface area (Å²) in [5, 5.41) is 5.04. The molecule has 1 aromatic heterocycles. The smallest absolute Gasteiger partial charge is 0.0847 e. The molecule has 0 saturated heterocycles. The number of nitrogens with zero attached hydrogens (tertiary/aromatic N) is 2. The molecule has 1 aromatic carbocycles. The third-order valence-corrected chi connectivity index (χ3v) is 4.60. The predicted octanol–water partition coefficient (Wildman–Crippen LogP) is 3.20. The average Bonchev–Trinajstić information content (AvgIpc) is 2.65. The average molecular weight is 358 g/mol. The Hall–Kier alpha value is -0.880. The fourth-order valence-electron chi connectivity index (χ4n) is 2.28. The first kappa shape index (κ1) is 15.5. The molecule has 0 amide bonds. The molecule has 0 aliphatic rings. The van der Waals surface area contributed by atoms with Crippen LogP contribution in [-0.4, -0.2) is 9.78 Å². The first-order valence-electron chi connectivity index (χ1n) is 6.34. The lowest BCUT2D eigenvalue weighted by Gasteiger charge is -2.19. The van der Waals surface area contributed by atoms with Gasteiger partial charge in [0, 0.05) is 17.9 Å². The Morgan fingerprint density at radius 1 is 1.45 bits per heavy atom. The van der Waals surface area contributed by atoms with Gasteiger partial charge in [0.1, 0.15) is 0 Å². The van der Waals surface area contributed by atoms with Crippen molar-refractivity contribution in [3.8, 4) is 0 Å². The lowest BCUT2D eigenvalue weighted by atomic mass is 10.0. The molecular formula is C14H18BrClN4. The maximum absolute atomic E-state index is 6.31. The van der Waals surface area contributed by atoms with Crippen molar-refractivity contribution >= 4 is 27.5 Å². The lowest BCUT2D eigenvalue weighted by molar-refractivity contribution is 0.528. The number of halogens is 2. The number of aromatic nitrogens is 2. The quantitative estimate of drug-likeness (QED) is 0.652. The minimum atomic E-state index is -0.0309. The molecule has 0 fully saturated rings. The maximum Gasteiger partial charge on any atom is 0.0847 e. The number of hydrogen-bond donors (Lipinski definition) is 2. The molecule has 2 aromatic rings. The van der Waals surface area contributed by atoms with Gasteiger partial charge in [0.2, 0.25) is 0 Å². The zero-order valence-corrected chi connectivity index (χ0v) is 14.1. The third-order valence-electron chi connectivity index (χ3n) is 3.39. The third kappa shape index (κ3) is 3.06. The Labute approximate surface area is 132 Å². The number of rotatable bonds is 4. The molecule has 0 radical (unpaired) electrons. The predicted molar refractivity (Wildman–Crippen MR) is 85.6 cm³/mol. The Kier molecular flexibility index (Phi) is 4.86. The molecule has 0 spiro atoms. The fraction of sp³-hybridized carbons (Fsp3) is 0.357. The molecule has 0 saturated carbocycles. The van der Waals surface area contributed by atoms with Gasteiger partial charge >= 0.3 is 0 Å². The van der Waals surface area contributed by atoms with Gasteiger partial charge in [0.15, 0.2) is 0 Å². The summed E-state index contributed by atoms with van der Waals surface area (Å²) in [6.45, 7) is 3.96. The van der Waals surface area contributed by atoms with E-state index in [0.717, 1.165) is 21.4 Å². The first-order chi connectivity index (χ1) is 9.43. The van der Waals surface area contributed by atoms with Crippen LogP contribution in [-0.2, 0) is 13.5 Å². The van der Waals surface area contributed by atoms with Crippen LogP contribution in [0.5, 0.6) is 0 Å². The largest absolute Gasteiger partial charge is 0.271 e. The summed E-state index contributed by atoms with van der Waals surface area (Å²) in [5.41, 5.74) is 6.98. The van der Waals surface area contributed by atoms with E-state index in [2.05, 4.69) is 45.5 Å². The van der Waals surface area contributed by atoms with Crippen LogP contribution in [0.4, 0.5) is 0 Å². The van der Waals surface area contributed by atoms with Gasteiger partial charge in [-0.2, -0.15) is 5.10 Å². The van der Waals surface area contributed by atoms with Crippen molar-refractivity contribution in [2.75, 3.05) is 0 Å². The highest BCUT2D eigenvalue weighted by Crippen LogP contribution is 2.29. The number of hydrazine groups is 1. The molecule has 2 rings (SSSR count). The van der Waals surface area contributed by atoms with E-state index in [1.165, 1.54) is 5.56 Å². The van der Waals surface area contributed by atoms with Crippen LogP contribution in [0.3, 0.4) is 0 Å². The van der Waals surface area contributed by atoms with E-state index in [1.54, 1.807) is 0 Å². The van der Waals surface area contributed by atoms with Gasteiger partial charge in [0.05, 0.1) is 22.5 Å². The second kappa shape index (κ2) is 6.26. The normalized spacial score (nSPS) is 12.7. The molecular weight excluding hydrogens is 340 g/mol. The van der Waals surface area contributed by atoms with Crippen LogP contribution in [0.1, 0.15) is 28.6 Å². The van der Waals surface area contributed by atoms with Crippen LogP contribution in [0.25, 0.3) is 0 Å². The van der Waals surface area contributed by atoms with E-state index < -0.39 is 0 Å². The summed E-state index contributed by atoms with van der Waals surface area (Å²) in [7, 11) is 1.90. The van der Waals surface area contributed by atoms with Crippen molar-refractivity contribution in [3.05, 3.63) is 50.2 Å². The van der Waals surface area contributed by atoms with Gasteiger partial charge < -0.3 is 0 Å². The summed E-state index contributed by atoms with van der Waals surface area (Å²) in [6, 6.07) is 6.18. The minimum Gasteiger partial charge on any atom is -0.271 e. The van der Waals surface area contributed by atoms with E-state index in [4.69, 9.17) is 17.4 Å².